The predicted octanol–water partition coefficient (Wildman–Crippen LogP) is 1.01. The molecule has 21 heavy (non-hydrogen) atoms. The number of aliphatic hydroxyl groups is 1. The first-order chi connectivity index (χ1) is 10.0. The smallest absolute Gasteiger partial charge is 0.249 e. The molecule has 0 heterocycles. The summed E-state index contributed by atoms with van der Waals surface area (Å²) in [4.78, 5) is 22.9. The molecule has 108 valence electrons. The Morgan fingerprint density at radius 1 is 1.00 bits per heavy atom. The molecule has 5 N–H and O–H groups in total. The van der Waals surface area contributed by atoms with E-state index in [1.165, 1.54) is 18.2 Å². The first-order valence-electron chi connectivity index (χ1n) is 6.44. The largest absolute Gasteiger partial charge is 0.395 e. The molecule has 5 heteroatoms. The molecule has 0 saturated carbocycles. The summed E-state index contributed by atoms with van der Waals surface area (Å²) >= 11 is 0. The van der Waals surface area contributed by atoms with Crippen LogP contribution in [0.4, 0.5) is 0 Å². The number of rotatable bonds is 5. The van der Waals surface area contributed by atoms with Crippen molar-refractivity contribution in [2.24, 2.45) is 11.5 Å². The van der Waals surface area contributed by atoms with Gasteiger partial charge < -0.3 is 16.6 Å². The van der Waals surface area contributed by atoms with Crippen LogP contribution < -0.4 is 11.5 Å². The van der Waals surface area contributed by atoms with Crippen LogP contribution in [-0.2, 0) is 0 Å². The molecule has 0 radical (unpaired) electrons. The van der Waals surface area contributed by atoms with Crippen molar-refractivity contribution in [1.82, 2.24) is 0 Å². The van der Waals surface area contributed by atoms with Crippen LogP contribution in [0.3, 0.4) is 0 Å². The van der Waals surface area contributed by atoms with E-state index in [0.717, 1.165) is 5.56 Å². The first kappa shape index (κ1) is 14.7. The van der Waals surface area contributed by atoms with Gasteiger partial charge in [0.25, 0.3) is 0 Å². The number of carbonyl (C=O) groups excluding carboxylic acids is 2. The zero-order valence-corrected chi connectivity index (χ0v) is 11.3. The van der Waals surface area contributed by atoms with Crippen molar-refractivity contribution in [2.45, 2.75) is 5.92 Å². The molecule has 2 aromatic carbocycles. The van der Waals surface area contributed by atoms with E-state index in [2.05, 4.69) is 0 Å². The molecule has 2 aromatic rings. The minimum absolute atomic E-state index is 0.216. The van der Waals surface area contributed by atoms with Gasteiger partial charge in [0.05, 0.1) is 6.61 Å². The summed E-state index contributed by atoms with van der Waals surface area (Å²) in [6, 6.07) is 13.6. The maximum atomic E-state index is 11.6. The van der Waals surface area contributed by atoms with Gasteiger partial charge in [0.15, 0.2) is 0 Å². The van der Waals surface area contributed by atoms with Crippen molar-refractivity contribution in [3.63, 3.8) is 0 Å². The van der Waals surface area contributed by atoms with E-state index < -0.39 is 17.7 Å². The lowest BCUT2D eigenvalue weighted by molar-refractivity contribution is 0.0987. The Bertz CT molecular complexity index is 668. The van der Waals surface area contributed by atoms with Crippen LogP contribution in [0.5, 0.6) is 0 Å². The third-order valence-electron chi connectivity index (χ3n) is 3.36. The van der Waals surface area contributed by atoms with Crippen LogP contribution in [0.25, 0.3) is 0 Å². The second kappa shape index (κ2) is 6.19. The van der Waals surface area contributed by atoms with E-state index in [-0.39, 0.29) is 17.7 Å². The lowest BCUT2D eigenvalue weighted by atomic mass is 9.87. The fraction of sp³-hybridized carbons (Fsp3) is 0.125. The van der Waals surface area contributed by atoms with Gasteiger partial charge in [-0.25, -0.2) is 0 Å². The highest BCUT2D eigenvalue weighted by atomic mass is 16.3. The summed E-state index contributed by atoms with van der Waals surface area (Å²) in [7, 11) is 0. The van der Waals surface area contributed by atoms with Crippen LogP contribution in [-0.4, -0.2) is 23.5 Å². The monoisotopic (exact) mass is 284 g/mol. The number of hydrogen-bond donors (Lipinski definition) is 3. The summed E-state index contributed by atoms with van der Waals surface area (Å²) in [5.41, 5.74) is 12.5. The van der Waals surface area contributed by atoms with E-state index in [1.54, 1.807) is 0 Å². The summed E-state index contributed by atoms with van der Waals surface area (Å²) < 4.78 is 0. The molecule has 1 atom stereocenters. The van der Waals surface area contributed by atoms with Crippen molar-refractivity contribution < 1.29 is 14.7 Å². The van der Waals surface area contributed by atoms with Gasteiger partial charge in [0.2, 0.25) is 11.8 Å². The van der Waals surface area contributed by atoms with Gasteiger partial charge in [-0.3, -0.25) is 9.59 Å². The fourth-order valence-corrected chi connectivity index (χ4v) is 2.30. The summed E-state index contributed by atoms with van der Waals surface area (Å²) in [5, 5.41) is 9.70. The zero-order valence-electron chi connectivity index (χ0n) is 11.3. The lowest BCUT2D eigenvalue weighted by Gasteiger charge is -2.18. The average molecular weight is 284 g/mol. The van der Waals surface area contributed by atoms with Crippen LogP contribution in [0.15, 0.2) is 48.5 Å². The molecule has 0 spiro atoms. The number of aliphatic hydroxyl groups excluding tert-OH is 1. The van der Waals surface area contributed by atoms with Gasteiger partial charge >= 0.3 is 0 Å². The van der Waals surface area contributed by atoms with Crippen molar-refractivity contribution in [2.75, 3.05) is 6.61 Å². The molecule has 0 aromatic heterocycles. The summed E-state index contributed by atoms with van der Waals surface area (Å²) in [5.74, 6) is -1.67. The highest BCUT2D eigenvalue weighted by Crippen LogP contribution is 2.28. The average Bonchev–Trinajstić information content (AvgIpc) is 2.48. The van der Waals surface area contributed by atoms with Gasteiger partial charge in [-0.05, 0) is 29.3 Å². The Labute approximate surface area is 122 Å². The number of primary amides is 2. The van der Waals surface area contributed by atoms with Crippen molar-refractivity contribution in [3.05, 3.63) is 70.8 Å². The second-order valence-electron chi connectivity index (χ2n) is 4.68. The molecule has 0 aliphatic heterocycles. The molecule has 0 fully saturated rings. The van der Waals surface area contributed by atoms with Crippen LogP contribution in [0.2, 0.25) is 0 Å². The molecule has 0 aliphatic rings. The third-order valence-corrected chi connectivity index (χ3v) is 3.36. The minimum Gasteiger partial charge on any atom is -0.395 e. The van der Waals surface area contributed by atoms with Crippen LogP contribution in [0, 0.1) is 0 Å². The minimum atomic E-state index is -0.615. The van der Waals surface area contributed by atoms with Crippen molar-refractivity contribution in [1.29, 1.82) is 0 Å². The summed E-state index contributed by atoms with van der Waals surface area (Å²) in [6.07, 6.45) is 0. The number of benzene rings is 2. The van der Waals surface area contributed by atoms with Gasteiger partial charge in [0.1, 0.15) is 0 Å². The summed E-state index contributed by atoms with van der Waals surface area (Å²) in [6.45, 7) is -0.216. The van der Waals surface area contributed by atoms with Gasteiger partial charge in [0, 0.05) is 17.0 Å². The zero-order chi connectivity index (χ0) is 15.4. The fourth-order valence-electron chi connectivity index (χ4n) is 2.30. The first-order valence-corrected chi connectivity index (χ1v) is 6.44. The van der Waals surface area contributed by atoms with E-state index in [0.29, 0.717) is 5.56 Å². The number of hydrogen-bond acceptors (Lipinski definition) is 3. The number of nitrogens with two attached hydrogens (primary N) is 2. The lowest BCUT2D eigenvalue weighted by Crippen LogP contribution is -2.20. The molecule has 2 rings (SSSR count). The third kappa shape index (κ3) is 3.09. The molecule has 0 bridgehead atoms. The Hall–Kier alpha value is -2.66. The number of amides is 2. The Morgan fingerprint density at radius 3 is 2.19 bits per heavy atom. The van der Waals surface area contributed by atoms with E-state index in [9.17, 15) is 14.7 Å². The molecule has 0 saturated heterocycles. The molecular weight excluding hydrogens is 268 g/mol. The highest BCUT2D eigenvalue weighted by molar-refractivity contribution is 5.98. The molecule has 0 aliphatic carbocycles. The van der Waals surface area contributed by atoms with E-state index in [1.807, 2.05) is 30.3 Å². The Morgan fingerprint density at radius 2 is 1.67 bits per heavy atom. The molecule has 2 amide bonds. The standard InChI is InChI=1S/C16H16N2O3/c17-15(20)11-6-7-12(16(18)21)13(8-11)14(9-19)10-4-2-1-3-5-10/h1-8,14,19H,9H2,(H2,17,20)(H2,18,21). The van der Waals surface area contributed by atoms with Crippen LogP contribution in [0.1, 0.15) is 37.8 Å². The van der Waals surface area contributed by atoms with Crippen molar-refractivity contribution in [3.8, 4) is 0 Å². The van der Waals surface area contributed by atoms with Gasteiger partial charge in [-0.15, -0.1) is 0 Å². The normalized spacial score (nSPS) is 11.9. The van der Waals surface area contributed by atoms with E-state index >= 15 is 0 Å². The van der Waals surface area contributed by atoms with Crippen LogP contribution >= 0.6 is 0 Å². The number of carbonyl (C=O) groups is 2. The maximum Gasteiger partial charge on any atom is 0.249 e. The maximum absolute atomic E-state index is 11.6. The topological polar surface area (TPSA) is 106 Å². The Kier molecular flexibility index (Phi) is 4.35. The quantitative estimate of drug-likeness (QED) is 0.762. The molecule has 5 nitrogen and oxygen atoms in total. The Balaban J connectivity index is 2.60. The highest BCUT2D eigenvalue weighted by Gasteiger charge is 2.20. The van der Waals surface area contributed by atoms with Gasteiger partial charge in [-0.1, -0.05) is 30.3 Å². The van der Waals surface area contributed by atoms with E-state index in [4.69, 9.17) is 11.5 Å². The predicted molar refractivity (Wildman–Crippen MR) is 78.8 cm³/mol. The van der Waals surface area contributed by atoms with Gasteiger partial charge in [-0.2, -0.15) is 0 Å². The van der Waals surface area contributed by atoms with Crippen molar-refractivity contribution >= 4 is 11.8 Å². The SMILES string of the molecule is NC(=O)c1ccc(C(N)=O)c(C(CO)c2ccccc2)c1. The molecule has 1 unspecified atom stereocenters. The molecular formula is C16H16N2O3. The second-order valence-corrected chi connectivity index (χ2v) is 4.68.